The molecule has 6 heterocycles. The molecular weight excluding hydrogens is 748 g/mol. The van der Waals surface area contributed by atoms with Crippen LogP contribution in [0, 0.1) is 5.92 Å². The fourth-order valence-electron chi connectivity index (χ4n) is 8.67. The highest BCUT2D eigenvalue weighted by atomic mass is 35.5. The third-order valence-corrected chi connectivity index (χ3v) is 12.3. The van der Waals surface area contributed by atoms with Crippen molar-refractivity contribution in [3.8, 4) is 16.9 Å². The van der Waals surface area contributed by atoms with Gasteiger partial charge in [0.05, 0.1) is 17.5 Å². The Balaban J connectivity index is 0.839. The van der Waals surface area contributed by atoms with Gasteiger partial charge in [-0.25, -0.2) is 4.98 Å². The highest BCUT2D eigenvalue weighted by molar-refractivity contribution is 6.34. The number of piperazine rings is 1. The summed E-state index contributed by atoms with van der Waals surface area (Å²) in [5, 5.41) is 3.82. The summed E-state index contributed by atoms with van der Waals surface area (Å²) in [5.41, 5.74) is 4.20. The summed E-state index contributed by atoms with van der Waals surface area (Å²) in [4.78, 5) is 81.0. The smallest absolute Gasteiger partial charge is 0.259 e. The normalized spacial score (nSPS) is 19.3. The zero-order valence-corrected chi connectivity index (χ0v) is 33.2. The SMILES string of the molecule is COc1cc(-c2c[nH]c(=O)c3cnc(N(C)C)cc23)cc(Cl)c1C(=O)N1CCN(CCC2CCN(c3ccc4c(c3)CN(C3CCC(=O)NC3=O)C4=O)CC2)CC1. The molecular formula is C42H47ClN8O6. The second-order valence-electron chi connectivity index (χ2n) is 15.6. The van der Waals surface area contributed by atoms with Crippen LogP contribution in [0.2, 0.25) is 5.02 Å². The third-order valence-electron chi connectivity index (χ3n) is 12.0. The van der Waals surface area contributed by atoms with E-state index >= 15 is 0 Å². The average molecular weight is 795 g/mol. The van der Waals surface area contributed by atoms with Crippen molar-refractivity contribution in [1.29, 1.82) is 0 Å². The Kier molecular flexibility index (Phi) is 10.7. The molecule has 8 rings (SSSR count). The van der Waals surface area contributed by atoms with Crippen LogP contribution in [0.25, 0.3) is 21.9 Å². The number of nitrogens with zero attached hydrogens (tertiary/aromatic N) is 6. The van der Waals surface area contributed by atoms with E-state index in [1.165, 1.54) is 7.11 Å². The molecule has 14 nitrogen and oxygen atoms in total. The number of nitrogens with one attached hydrogen (secondary N) is 2. The van der Waals surface area contributed by atoms with Crippen LogP contribution in [0.5, 0.6) is 5.75 Å². The first kappa shape index (κ1) is 38.4. The van der Waals surface area contributed by atoms with E-state index in [9.17, 15) is 24.0 Å². The number of hydrogen-bond acceptors (Lipinski definition) is 10. The quantitative estimate of drug-likeness (QED) is 0.237. The van der Waals surface area contributed by atoms with Crippen molar-refractivity contribution in [2.75, 3.05) is 76.8 Å². The van der Waals surface area contributed by atoms with Gasteiger partial charge in [0.15, 0.2) is 0 Å². The molecule has 2 aromatic carbocycles. The van der Waals surface area contributed by atoms with Gasteiger partial charge >= 0.3 is 0 Å². The van der Waals surface area contributed by atoms with Gasteiger partial charge in [0, 0.05) is 101 Å². The lowest BCUT2D eigenvalue weighted by Gasteiger charge is -2.37. The van der Waals surface area contributed by atoms with Crippen LogP contribution in [0.4, 0.5) is 11.5 Å². The number of methoxy groups -OCH3 is 1. The van der Waals surface area contributed by atoms with Gasteiger partial charge in [-0.3, -0.25) is 34.2 Å². The van der Waals surface area contributed by atoms with Crippen LogP contribution in [0.1, 0.15) is 58.4 Å². The van der Waals surface area contributed by atoms with E-state index in [1.54, 1.807) is 29.4 Å². The summed E-state index contributed by atoms with van der Waals surface area (Å²) in [6.45, 7) is 5.95. The maximum atomic E-state index is 13.9. The Bertz CT molecular complexity index is 2310. The predicted octanol–water partition coefficient (Wildman–Crippen LogP) is 4.14. The number of halogens is 1. The van der Waals surface area contributed by atoms with E-state index in [0.717, 1.165) is 74.2 Å². The number of rotatable bonds is 9. The molecule has 15 heteroatoms. The predicted molar refractivity (Wildman–Crippen MR) is 218 cm³/mol. The van der Waals surface area contributed by atoms with Crippen LogP contribution >= 0.6 is 11.6 Å². The van der Waals surface area contributed by atoms with Crippen molar-refractivity contribution in [2.24, 2.45) is 5.92 Å². The van der Waals surface area contributed by atoms with Crippen molar-refractivity contribution in [3.05, 3.63) is 80.9 Å². The van der Waals surface area contributed by atoms with Gasteiger partial charge in [0.25, 0.3) is 17.4 Å². The molecule has 2 N–H and O–H groups in total. The molecule has 4 aliphatic heterocycles. The second-order valence-corrected chi connectivity index (χ2v) is 16.1. The number of H-pyrrole nitrogens is 1. The first-order valence-corrected chi connectivity index (χ1v) is 20.0. The Morgan fingerprint density at radius 1 is 0.947 bits per heavy atom. The Labute approximate surface area is 335 Å². The van der Waals surface area contributed by atoms with E-state index in [1.807, 2.05) is 42.1 Å². The number of ether oxygens (including phenoxy) is 1. The number of carbonyl (C=O) groups is 4. The van der Waals surface area contributed by atoms with Gasteiger partial charge < -0.3 is 29.3 Å². The minimum absolute atomic E-state index is 0.150. The highest BCUT2D eigenvalue weighted by Crippen LogP contribution is 2.37. The zero-order chi connectivity index (χ0) is 40.0. The number of aromatic amines is 1. The van der Waals surface area contributed by atoms with Crippen molar-refractivity contribution >= 4 is 57.5 Å². The van der Waals surface area contributed by atoms with Crippen LogP contribution in [-0.4, -0.2) is 121 Å². The van der Waals surface area contributed by atoms with Crippen LogP contribution in [0.15, 0.2) is 53.6 Å². The lowest BCUT2D eigenvalue weighted by molar-refractivity contribution is -0.136. The van der Waals surface area contributed by atoms with E-state index in [2.05, 4.69) is 31.2 Å². The number of benzene rings is 2. The molecule has 57 heavy (non-hydrogen) atoms. The maximum absolute atomic E-state index is 13.9. The number of aromatic nitrogens is 2. The van der Waals surface area contributed by atoms with E-state index in [4.69, 9.17) is 16.3 Å². The van der Waals surface area contributed by atoms with Gasteiger partial charge in [-0.15, -0.1) is 0 Å². The molecule has 1 unspecified atom stereocenters. The molecule has 2 aromatic heterocycles. The molecule has 298 valence electrons. The summed E-state index contributed by atoms with van der Waals surface area (Å²) in [7, 11) is 5.30. The molecule has 0 radical (unpaired) electrons. The van der Waals surface area contributed by atoms with Gasteiger partial charge in [-0.05, 0) is 85.7 Å². The highest BCUT2D eigenvalue weighted by Gasteiger charge is 2.39. The van der Waals surface area contributed by atoms with Gasteiger partial charge in [-0.2, -0.15) is 0 Å². The summed E-state index contributed by atoms with van der Waals surface area (Å²) >= 11 is 6.86. The Hall–Kier alpha value is -5.47. The van der Waals surface area contributed by atoms with Gasteiger partial charge in [0.2, 0.25) is 11.8 Å². The molecule has 0 saturated carbocycles. The molecule has 0 aliphatic carbocycles. The maximum Gasteiger partial charge on any atom is 0.259 e. The fourth-order valence-corrected chi connectivity index (χ4v) is 8.96. The molecule has 1 atom stereocenters. The minimum Gasteiger partial charge on any atom is -0.496 e. The number of piperidine rings is 2. The number of pyridine rings is 2. The molecule has 3 fully saturated rings. The van der Waals surface area contributed by atoms with E-state index in [0.29, 0.717) is 65.6 Å². The number of anilines is 2. The zero-order valence-electron chi connectivity index (χ0n) is 32.5. The third kappa shape index (κ3) is 7.55. The molecule has 3 saturated heterocycles. The topological polar surface area (TPSA) is 151 Å². The summed E-state index contributed by atoms with van der Waals surface area (Å²) in [6, 6.07) is 10.8. The number of carbonyl (C=O) groups excluding carboxylic acids is 4. The van der Waals surface area contributed by atoms with Crippen LogP contribution in [0.3, 0.4) is 0 Å². The largest absolute Gasteiger partial charge is 0.496 e. The summed E-state index contributed by atoms with van der Waals surface area (Å²) in [5.74, 6) is 0.687. The summed E-state index contributed by atoms with van der Waals surface area (Å²) < 4.78 is 5.74. The number of amides is 4. The Morgan fingerprint density at radius 2 is 1.72 bits per heavy atom. The van der Waals surface area contributed by atoms with Crippen molar-refractivity contribution in [2.45, 2.75) is 44.7 Å². The first-order valence-electron chi connectivity index (χ1n) is 19.6. The minimum atomic E-state index is -0.613. The van der Waals surface area contributed by atoms with Crippen LogP contribution in [-0.2, 0) is 16.1 Å². The van der Waals surface area contributed by atoms with Crippen LogP contribution < -0.4 is 25.4 Å². The first-order chi connectivity index (χ1) is 27.5. The fraction of sp³-hybridized carbons (Fsp3) is 0.429. The van der Waals surface area contributed by atoms with E-state index in [-0.39, 0.29) is 34.7 Å². The second kappa shape index (κ2) is 15.8. The number of fused-ring (bicyclic) bond motifs is 2. The van der Waals surface area contributed by atoms with Crippen molar-refractivity contribution in [1.82, 2.24) is 30.0 Å². The molecule has 0 bridgehead atoms. The monoisotopic (exact) mass is 794 g/mol. The van der Waals surface area contributed by atoms with Gasteiger partial charge in [0.1, 0.15) is 23.2 Å². The molecule has 0 spiro atoms. The van der Waals surface area contributed by atoms with Crippen molar-refractivity contribution in [3.63, 3.8) is 0 Å². The molecule has 4 amide bonds. The molecule has 4 aromatic rings. The number of hydrogen-bond donors (Lipinski definition) is 2. The van der Waals surface area contributed by atoms with Gasteiger partial charge in [-0.1, -0.05) is 11.6 Å². The standard InChI is InChI=1S/C42H47ClN8O6/c1-47(2)36-21-30-31(22-45-39(53)32(30)23-44-36)26-19-33(43)38(35(20-26)57-3)42(56)50-16-14-48(15-17-50)11-8-25-9-12-49(13-10-25)28-4-5-29-27(18-28)24-51(41(29)55)34-6-7-37(52)46-40(34)54/h4-5,18-23,25,34H,6-17,24H2,1-3H3,(H,45,53)(H,46,52,54). The summed E-state index contributed by atoms with van der Waals surface area (Å²) in [6.07, 6.45) is 7.06. The lowest BCUT2D eigenvalue weighted by atomic mass is 9.92. The Morgan fingerprint density at radius 3 is 2.44 bits per heavy atom. The molecule has 4 aliphatic rings. The number of imide groups is 1. The van der Waals surface area contributed by atoms with E-state index < -0.39 is 11.9 Å². The van der Waals surface area contributed by atoms with Crippen molar-refractivity contribution < 1.29 is 23.9 Å². The lowest BCUT2D eigenvalue weighted by Crippen LogP contribution is -2.52. The average Bonchev–Trinajstić information content (AvgIpc) is 3.54.